The van der Waals surface area contributed by atoms with Crippen molar-refractivity contribution in [1.82, 2.24) is 10.6 Å². The van der Waals surface area contributed by atoms with Crippen molar-refractivity contribution >= 4 is 17.7 Å². The zero-order chi connectivity index (χ0) is 15.0. The minimum Gasteiger partial charge on any atom is -0.368 e. The fourth-order valence-corrected chi connectivity index (χ4v) is 1.42. The number of halogens is 1. The number of benzene rings is 1. The van der Waals surface area contributed by atoms with E-state index >= 15 is 0 Å². The molecular weight excluding hydrogens is 265 g/mol. The molecule has 0 aliphatic carbocycles. The first-order valence-corrected chi connectivity index (χ1v) is 6.03. The molecule has 0 radical (unpaired) electrons. The first kappa shape index (κ1) is 15.6. The number of hydrogen-bond donors (Lipinski definition) is 3. The smallest absolute Gasteiger partial charge is 0.239 e. The van der Waals surface area contributed by atoms with E-state index in [2.05, 4.69) is 10.6 Å². The molecule has 0 bridgehead atoms. The topological polar surface area (TPSA) is 101 Å². The van der Waals surface area contributed by atoms with Crippen LogP contribution in [0.3, 0.4) is 0 Å². The van der Waals surface area contributed by atoms with Crippen LogP contribution in [0.15, 0.2) is 24.3 Å². The molecule has 1 rings (SSSR count). The van der Waals surface area contributed by atoms with Gasteiger partial charge in [0, 0.05) is 6.42 Å². The van der Waals surface area contributed by atoms with Crippen LogP contribution in [0.1, 0.15) is 12.0 Å². The summed E-state index contributed by atoms with van der Waals surface area (Å²) in [4.78, 5) is 33.1. The maximum atomic E-state index is 12.7. The summed E-state index contributed by atoms with van der Waals surface area (Å²) >= 11 is 0. The molecular formula is C13H16FN3O3. The molecule has 0 fully saturated rings. The lowest BCUT2D eigenvalue weighted by molar-refractivity contribution is -0.127. The number of primary amides is 1. The third-order valence-corrected chi connectivity index (χ3v) is 2.46. The highest BCUT2D eigenvalue weighted by Gasteiger charge is 2.06. The number of rotatable bonds is 7. The van der Waals surface area contributed by atoms with Gasteiger partial charge < -0.3 is 16.4 Å². The van der Waals surface area contributed by atoms with E-state index in [1.807, 2.05) is 0 Å². The molecule has 0 unspecified atom stereocenters. The fraction of sp³-hybridized carbons (Fsp3) is 0.308. The van der Waals surface area contributed by atoms with Crippen LogP contribution in [0.25, 0.3) is 0 Å². The van der Waals surface area contributed by atoms with Gasteiger partial charge in [-0.1, -0.05) is 12.1 Å². The van der Waals surface area contributed by atoms with Crippen LogP contribution in [-0.4, -0.2) is 30.8 Å². The molecule has 0 heterocycles. The normalized spacial score (nSPS) is 9.85. The van der Waals surface area contributed by atoms with Gasteiger partial charge in [-0.2, -0.15) is 0 Å². The Morgan fingerprint density at radius 1 is 1.00 bits per heavy atom. The van der Waals surface area contributed by atoms with Gasteiger partial charge in [0.1, 0.15) is 5.82 Å². The average Bonchev–Trinajstić information content (AvgIpc) is 2.42. The van der Waals surface area contributed by atoms with Crippen LogP contribution in [0.5, 0.6) is 0 Å². The summed E-state index contributed by atoms with van der Waals surface area (Å²) in [5, 5.41) is 4.66. The highest BCUT2D eigenvalue weighted by atomic mass is 19.1. The van der Waals surface area contributed by atoms with Gasteiger partial charge >= 0.3 is 0 Å². The molecule has 7 heteroatoms. The maximum absolute atomic E-state index is 12.7. The van der Waals surface area contributed by atoms with Crippen LogP contribution in [0, 0.1) is 5.82 Å². The van der Waals surface area contributed by atoms with Crippen molar-refractivity contribution in [3.8, 4) is 0 Å². The standard InChI is InChI=1S/C13H16FN3O3/c14-10-4-1-9(2-5-10)3-6-12(19)17-8-13(20)16-7-11(15)18/h1-2,4-5H,3,6-8H2,(H2,15,18)(H,16,20)(H,17,19). The molecule has 4 N–H and O–H groups in total. The lowest BCUT2D eigenvalue weighted by Gasteiger charge is -2.05. The molecule has 1 aromatic rings. The number of carbonyl (C=O) groups excluding carboxylic acids is 3. The predicted molar refractivity (Wildman–Crippen MR) is 69.9 cm³/mol. The highest BCUT2D eigenvalue weighted by Crippen LogP contribution is 2.05. The summed E-state index contributed by atoms with van der Waals surface area (Å²) < 4.78 is 12.7. The molecule has 0 aromatic heterocycles. The zero-order valence-corrected chi connectivity index (χ0v) is 10.8. The van der Waals surface area contributed by atoms with Crippen molar-refractivity contribution in [2.45, 2.75) is 12.8 Å². The highest BCUT2D eigenvalue weighted by molar-refractivity contribution is 5.87. The molecule has 3 amide bonds. The molecule has 0 aliphatic heterocycles. The zero-order valence-electron chi connectivity index (χ0n) is 10.8. The minimum atomic E-state index is -0.652. The van der Waals surface area contributed by atoms with E-state index in [0.29, 0.717) is 6.42 Å². The van der Waals surface area contributed by atoms with Crippen molar-refractivity contribution in [2.75, 3.05) is 13.1 Å². The first-order valence-electron chi connectivity index (χ1n) is 6.03. The van der Waals surface area contributed by atoms with Gasteiger partial charge in [-0.05, 0) is 24.1 Å². The molecule has 1 aromatic carbocycles. The molecule has 6 nitrogen and oxygen atoms in total. The third kappa shape index (κ3) is 6.48. The summed E-state index contributed by atoms with van der Waals surface area (Å²) in [6.45, 7) is -0.472. The Morgan fingerprint density at radius 3 is 2.20 bits per heavy atom. The van der Waals surface area contributed by atoms with Crippen molar-refractivity contribution < 1.29 is 18.8 Å². The Bertz CT molecular complexity index is 488. The quantitative estimate of drug-likeness (QED) is 0.626. The number of nitrogens with one attached hydrogen (secondary N) is 2. The number of hydrogen-bond acceptors (Lipinski definition) is 3. The molecule has 0 spiro atoms. The number of nitrogens with two attached hydrogens (primary N) is 1. The van der Waals surface area contributed by atoms with E-state index < -0.39 is 11.8 Å². The molecule has 0 atom stereocenters. The Kier molecular flexibility index (Phi) is 6.15. The molecule has 0 saturated heterocycles. The average molecular weight is 281 g/mol. The second-order valence-electron chi connectivity index (χ2n) is 4.15. The third-order valence-electron chi connectivity index (χ3n) is 2.46. The van der Waals surface area contributed by atoms with Crippen LogP contribution in [0.2, 0.25) is 0 Å². The second-order valence-corrected chi connectivity index (χ2v) is 4.15. The summed E-state index contributed by atoms with van der Waals surface area (Å²) in [6, 6.07) is 5.85. The molecule has 0 aliphatic rings. The fourth-order valence-electron chi connectivity index (χ4n) is 1.42. The molecule has 20 heavy (non-hydrogen) atoms. The van der Waals surface area contributed by atoms with E-state index in [1.54, 1.807) is 12.1 Å². The summed E-state index contributed by atoms with van der Waals surface area (Å²) in [6.07, 6.45) is 0.643. The van der Waals surface area contributed by atoms with Crippen LogP contribution < -0.4 is 16.4 Å². The SMILES string of the molecule is NC(=O)CNC(=O)CNC(=O)CCc1ccc(F)cc1. The first-order chi connectivity index (χ1) is 9.47. The maximum Gasteiger partial charge on any atom is 0.239 e. The molecule has 108 valence electrons. The predicted octanol–water partition coefficient (Wildman–Crippen LogP) is -0.524. The van der Waals surface area contributed by atoms with Gasteiger partial charge in [-0.25, -0.2) is 4.39 Å². The number of aryl methyl sites for hydroxylation is 1. The van der Waals surface area contributed by atoms with Crippen molar-refractivity contribution in [3.63, 3.8) is 0 Å². The Balaban J connectivity index is 2.21. The van der Waals surface area contributed by atoms with Crippen LogP contribution in [-0.2, 0) is 20.8 Å². The van der Waals surface area contributed by atoms with Crippen molar-refractivity contribution in [2.24, 2.45) is 5.73 Å². The summed E-state index contributed by atoms with van der Waals surface area (Å²) in [5.41, 5.74) is 5.68. The number of carbonyl (C=O) groups is 3. The number of amides is 3. The van der Waals surface area contributed by atoms with Crippen molar-refractivity contribution in [1.29, 1.82) is 0 Å². The van der Waals surface area contributed by atoms with E-state index in [9.17, 15) is 18.8 Å². The largest absolute Gasteiger partial charge is 0.368 e. The monoisotopic (exact) mass is 281 g/mol. The Morgan fingerprint density at radius 2 is 1.60 bits per heavy atom. The van der Waals surface area contributed by atoms with Gasteiger partial charge in [0.2, 0.25) is 17.7 Å². The van der Waals surface area contributed by atoms with E-state index in [0.717, 1.165) is 5.56 Å². The molecule has 0 saturated carbocycles. The van der Waals surface area contributed by atoms with Gasteiger partial charge in [-0.3, -0.25) is 14.4 Å². The van der Waals surface area contributed by atoms with Gasteiger partial charge in [0.25, 0.3) is 0 Å². The second kappa shape index (κ2) is 7.88. The van der Waals surface area contributed by atoms with Crippen LogP contribution >= 0.6 is 0 Å². The van der Waals surface area contributed by atoms with Crippen LogP contribution in [0.4, 0.5) is 4.39 Å². The Hall–Kier alpha value is -2.44. The van der Waals surface area contributed by atoms with Gasteiger partial charge in [-0.15, -0.1) is 0 Å². The van der Waals surface area contributed by atoms with Gasteiger partial charge in [0.15, 0.2) is 0 Å². The van der Waals surface area contributed by atoms with E-state index in [1.165, 1.54) is 12.1 Å². The Labute approximate surface area is 115 Å². The van der Waals surface area contributed by atoms with Gasteiger partial charge in [0.05, 0.1) is 13.1 Å². The minimum absolute atomic E-state index is 0.189. The summed E-state index contributed by atoms with van der Waals surface area (Å²) in [7, 11) is 0. The van der Waals surface area contributed by atoms with E-state index in [-0.39, 0.29) is 31.2 Å². The lowest BCUT2D eigenvalue weighted by atomic mass is 10.1. The van der Waals surface area contributed by atoms with E-state index in [4.69, 9.17) is 5.73 Å². The van der Waals surface area contributed by atoms with Crippen molar-refractivity contribution in [3.05, 3.63) is 35.6 Å². The summed E-state index contributed by atoms with van der Waals surface area (Å²) in [5.74, 6) is -1.77. The lowest BCUT2D eigenvalue weighted by Crippen LogP contribution is -2.40.